The molecule has 0 saturated heterocycles. The first-order valence-electron chi connectivity index (χ1n) is 11.2. The van der Waals surface area contributed by atoms with Crippen LogP contribution in [-0.2, 0) is 0 Å². The first-order chi connectivity index (χ1) is 14.7. The Bertz CT molecular complexity index is 1000. The van der Waals surface area contributed by atoms with Crippen molar-refractivity contribution in [1.82, 2.24) is 0 Å². The maximum atomic E-state index is 2.56. The Morgan fingerprint density at radius 3 is 1.52 bits per heavy atom. The normalized spacial score (nSPS) is 16.5. The van der Waals surface area contributed by atoms with Gasteiger partial charge in [-0.25, -0.2) is 0 Å². The summed E-state index contributed by atoms with van der Waals surface area (Å²) in [5.74, 6) is 0. The molecular formula is C29H34P2. The van der Waals surface area contributed by atoms with Crippen LogP contribution >= 0.6 is 15.8 Å². The van der Waals surface area contributed by atoms with Gasteiger partial charge in [0.1, 0.15) is 0 Å². The van der Waals surface area contributed by atoms with Gasteiger partial charge in [0.2, 0.25) is 0 Å². The molecule has 0 nitrogen and oxygen atoms in total. The lowest BCUT2D eigenvalue weighted by atomic mass is 10.1. The molecule has 0 heterocycles. The van der Waals surface area contributed by atoms with Crippen LogP contribution in [0.15, 0.2) is 90.2 Å². The highest BCUT2D eigenvalue weighted by molar-refractivity contribution is 7.75. The molecule has 31 heavy (non-hydrogen) atoms. The molecule has 0 radical (unpaired) electrons. The van der Waals surface area contributed by atoms with Crippen molar-refractivity contribution < 1.29 is 0 Å². The number of rotatable bonds is 4. The molecule has 0 N–H and O–H groups in total. The summed E-state index contributed by atoms with van der Waals surface area (Å²) in [4.78, 5) is 0. The fourth-order valence-corrected chi connectivity index (χ4v) is 12.8. The fourth-order valence-electron chi connectivity index (χ4n) is 5.15. The maximum Gasteiger partial charge on any atom is 0.0383 e. The van der Waals surface area contributed by atoms with Crippen molar-refractivity contribution in [3.63, 3.8) is 0 Å². The summed E-state index contributed by atoms with van der Waals surface area (Å²) in [6.45, 7) is 14.7. The third-order valence-electron chi connectivity index (χ3n) is 5.80. The zero-order valence-electron chi connectivity index (χ0n) is 19.6. The highest BCUT2D eigenvalue weighted by Crippen LogP contribution is 2.74. The molecule has 0 aliphatic heterocycles. The van der Waals surface area contributed by atoms with Crippen LogP contribution in [0.5, 0.6) is 0 Å². The van der Waals surface area contributed by atoms with E-state index >= 15 is 0 Å². The van der Waals surface area contributed by atoms with Crippen LogP contribution in [-0.4, -0.2) is 10.3 Å². The summed E-state index contributed by atoms with van der Waals surface area (Å²) in [6, 6.07) is 31.6. The highest BCUT2D eigenvalue weighted by atomic mass is 31.1. The van der Waals surface area contributed by atoms with Gasteiger partial charge < -0.3 is 0 Å². The van der Waals surface area contributed by atoms with Crippen LogP contribution in [0.4, 0.5) is 0 Å². The predicted molar refractivity (Wildman–Crippen MR) is 143 cm³/mol. The van der Waals surface area contributed by atoms with Crippen molar-refractivity contribution in [3.05, 3.63) is 101 Å². The Hall–Kier alpha value is -1.74. The third kappa shape index (κ3) is 4.58. The molecule has 1 unspecified atom stereocenters. The van der Waals surface area contributed by atoms with Crippen LogP contribution in [0.3, 0.4) is 0 Å². The average molecular weight is 445 g/mol. The van der Waals surface area contributed by atoms with E-state index in [2.05, 4.69) is 133 Å². The van der Waals surface area contributed by atoms with E-state index in [1.165, 1.54) is 21.7 Å². The molecule has 3 aromatic carbocycles. The van der Waals surface area contributed by atoms with E-state index in [0.29, 0.717) is 5.66 Å². The second-order valence-electron chi connectivity index (χ2n) is 10.3. The van der Waals surface area contributed by atoms with Gasteiger partial charge in [-0.3, -0.25) is 0 Å². The first kappa shape index (κ1) is 22.5. The topological polar surface area (TPSA) is 0 Å². The molecule has 1 atom stereocenters. The van der Waals surface area contributed by atoms with Gasteiger partial charge in [-0.05, 0) is 51.4 Å². The van der Waals surface area contributed by atoms with Crippen LogP contribution in [0.1, 0.15) is 58.3 Å². The number of hydrogen-bond donors (Lipinski definition) is 0. The summed E-state index contributed by atoms with van der Waals surface area (Å²) in [6.07, 6.45) is 2.56. The standard InChI is InChI=1S/C29H34P2/c1-28(2,3)31(29(4,5)6)26-21-22-15-13-14-20-25(22)27(26)30(23-16-9-7-10-17-23)24-18-11-8-12-19-24/h7-21,27H,1-6H3. The smallest absolute Gasteiger partial charge is 0.0383 e. The van der Waals surface area contributed by atoms with Gasteiger partial charge in [0.25, 0.3) is 0 Å². The Morgan fingerprint density at radius 2 is 1.03 bits per heavy atom. The fraction of sp³-hybridized carbons (Fsp3) is 0.310. The van der Waals surface area contributed by atoms with Gasteiger partial charge >= 0.3 is 0 Å². The molecule has 0 saturated carbocycles. The average Bonchev–Trinajstić information content (AvgIpc) is 3.06. The SMILES string of the molecule is CC(C)(C)P(C1=Cc2ccccc2C1P(c1ccccc1)c1ccccc1)C(C)(C)C. The van der Waals surface area contributed by atoms with E-state index in [1.807, 2.05) is 0 Å². The van der Waals surface area contributed by atoms with E-state index in [1.54, 1.807) is 5.31 Å². The van der Waals surface area contributed by atoms with E-state index in [4.69, 9.17) is 0 Å². The molecule has 0 bridgehead atoms. The van der Waals surface area contributed by atoms with Crippen LogP contribution in [0.25, 0.3) is 6.08 Å². The predicted octanol–water partition coefficient (Wildman–Crippen LogP) is 8.29. The summed E-state index contributed by atoms with van der Waals surface area (Å²) in [5, 5.41) is 5.10. The number of hydrogen-bond acceptors (Lipinski definition) is 0. The van der Waals surface area contributed by atoms with Gasteiger partial charge in [0, 0.05) is 5.66 Å². The second kappa shape index (κ2) is 8.65. The van der Waals surface area contributed by atoms with Crippen molar-refractivity contribution in [1.29, 1.82) is 0 Å². The van der Waals surface area contributed by atoms with Gasteiger partial charge in [0.15, 0.2) is 0 Å². The number of allylic oxidation sites excluding steroid dienone is 1. The summed E-state index contributed by atoms with van der Waals surface area (Å²) in [5.41, 5.74) is 3.36. The van der Waals surface area contributed by atoms with Crippen molar-refractivity contribution in [2.45, 2.75) is 57.5 Å². The summed E-state index contributed by atoms with van der Waals surface area (Å²) >= 11 is 0. The minimum atomic E-state index is -0.557. The quantitative estimate of drug-likeness (QED) is 0.355. The monoisotopic (exact) mass is 444 g/mol. The lowest BCUT2D eigenvalue weighted by Crippen LogP contribution is -2.27. The van der Waals surface area contributed by atoms with Crippen molar-refractivity contribution in [2.75, 3.05) is 0 Å². The molecule has 160 valence electrons. The minimum absolute atomic E-state index is 0.244. The number of fused-ring (bicyclic) bond motifs is 1. The van der Waals surface area contributed by atoms with E-state index in [-0.39, 0.29) is 18.2 Å². The lowest BCUT2D eigenvalue weighted by molar-refractivity contribution is 0.710. The summed E-state index contributed by atoms with van der Waals surface area (Å²) in [7, 11) is -0.922. The van der Waals surface area contributed by atoms with Gasteiger partial charge in [0.05, 0.1) is 0 Å². The van der Waals surface area contributed by atoms with E-state index in [9.17, 15) is 0 Å². The molecule has 0 spiro atoms. The van der Waals surface area contributed by atoms with Crippen LogP contribution in [0.2, 0.25) is 0 Å². The van der Waals surface area contributed by atoms with Crippen LogP contribution in [0, 0.1) is 0 Å². The second-order valence-corrected chi connectivity index (χ2v) is 16.5. The largest absolute Gasteiger partial charge is 0.0676 e. The zero-order valence-corrected chi connectivity index (χ0v) is 21.4. The van der Waals surface area contributed by atoms with Gasteiger partial charge in [-0.2, -0.15) is 0 Å². The first-order valence-corrected chi connectivity index (χ1v) is 13.9. The van der Waals surface area contributed by atoms with Crippen molar-refractivity contribution in [2.24, 2.45) is 0 Å². The number of benzene rings is 3. The molecule has 4 rings (SSSR count). The lowest BCUT2D eigenvalue weighted by Gasteiger charge is -2.45. The molecule has 3 aromatic rings. The van der Waals surface area contributed by atoms with Gasteiger partial charge in [-0.1, -0.05) is 134 Å². The Kier molecular flexibility index (Phi) is 6.27. The Morgan fingerprint density at radius 1 is 0.581 bits per heavy atom. The van der Waals surface area contributed by atoms with Crippen LogP contribution < -0.4 is 10.6 Å². The highest BCUT2D eigenvalue weighted by Gasteiger charge is 2.44. The van der Waals surface area contributed by atoms with Gasteiger partial charge in [-0.15, -0.1) is 0 Å². The Labute approximate surface area is 191 Å². The third-order valence-corrected chi connectivity index (χ3v) is 12.4. The molecule has 0 fully saturated rings. The summed E-state index contributed by atoms with van der Waals surface area (Å²) < 4.78 is 0. The molecule has 1 aliphatic carbocycles. The molecule has 0 aromatic heterocycles. The minimum Gasteiger partial charge on any atom is -0.0676 e. The molecule has 0 amide bonds. The van der Waals surface area contributed by atoms with E-state index in [0.717, 1.165) is 0 Å². The van der Waals surface area contributed by atoms with E-state index < -0.39 is 7.92 Å². The maximum absolute atomic E-state index is 2.56. The van der Waals surface area contributed by atoms with Crippen molar-refractivity contribution >= 4 is 32.5 Å². The zero-order chi connectivity index (χ0) is 22.2. The van der Waals surface area contributed by atoms with Crippen molar-refractivity contribution in [3.8, 4) is 0 Å². The molecule has 1 aliphatic rings. The Balaban J connectivity index is 1.96. The molecule has 2 heteroatoms. The molecular weight excluding hydrogens is 410 g/mol.